The maximum Gasteiger partial charge on any atom is 0.338 e. The molecule has 0 amide bonds. The summed E-state index contributed by atoms with van der Waals surface area (Å²) in [5.74, 6) is 0. The second-order valence-corrected chi connectivity index (χ2v) is 19.2. The van der Waals surface area contributed by atoms with Gasteiger partial charge in [-0.3, -0.25) is 4.57 Å². The third kappa shape index (κ3) is 10.8. The van der Waals surface area contributed by atoms with Crippen molar-refractivity contribution in [1.29, 1.82) is 0 Å². The summed E-state index contributed by atoms with van der Waals surface area (Å²) in [7, 11) is -6.99. The van der Waals surface area contributed by atoms with Gasteiger partial charge in [-0.2, -0.15) is 0 Å². The van der Waals surface area contributed by atoms with E-state index in [9.17, 15) is 4.57 Å². The quantitative estimate of drug-likeness (QED) is 0.359. The van der Waals surface area contributed by atoms with Crippen LogP contribution in [0.25, 0.3) is 0 Å². The first-order chi connectivity index (χ1) is 7.83. The zero-order valence-electron chi connectivity index (χ0n) is 12.8. The first-order valence-corrected chi connectivity index (χ1v) is 15.5. The topological polar surface area (TPSA) is 44.8 Å². The molecular weight excluding hydrogens is 303 g/mol. The lowest BCUT2D eigenvalue weighted by molar-refractivity contribution is 0.331. The van der Waals surface area contributed by atoms with Crippen LogP contribution in [0, 0.1) is 0 Å². The van der Waals surface area contributed by atoms with Gasteiger partial charge >= 0.3 is 7.60 Å². The second-order valence-electron chi connectivity index (χ2n) is 6.41. The smallest absolute Gasteiger partial charge is 0.338 e. The van der Waals surface area contributed by atoms with Gasteiger partial charge in [0, 0.05) is 5.25 Å². The summed E-state index contributed by atoms with van der Waals surface area (Å²) < 4.78 is 29.6. The molecule has 0 saturated heterocycles. The van der Waals surface area contributed by atoms with E-state index in [1.807, 2.05) is 53.1 Å². The van der Waals surface area contributed by atoms with Crippen LogP contribution in [-0.2, 0) is 17.2 Å². The normalized spacial score (nSPS) is 14.3. The maximum absolute atomic E-state index is 12.7. The van der Waals surface area contributed by atoms with E-state index in [1.165, 1.54) is 12.0 Å². The lowest BCUT2D eigenvalue weighted by atomic mass is 10.6. The van der Waals surface area contributed by atoms with Crippen molar-refractivity contribution in [3.63, 3.8) is 0 Å². The van der Waals surface area contributed by atoms with Gasteiger partial charge in [-0.25, -0.2) is 0 Å². The molecular formula is C10H27O4PSSi2. The maximum atomic E-state index is 12.7. The summed E-state index contributed by atoms with van der Waals surface area (Å²) in [5.41, 5.74) is 0. The van der Waals surface area contributed by atoms with Gasteiger partial charge in [0.2, 0.25) is 0 Å². The molecule has 8 heteroatoms. The number of rotatable bonds is 8. The van der Waals surface area contributed by atoms with Crippen molar-refractivity contribution in [3.05, 3.63) is 0 Å². The second kappa shape index (κ2) is 7.06. The van der Waals surface area contributed by atoms with Crippen molar-refractivity contribution < 1.29 is 17.2 Å². The van der Waals surface area contributed by atoms with Gasteiger partial charge in [0.05, 0.1) is 0 Å². The van der Waals surface area contributed by atoms with Gasteiger partial charge in [0.15, 0.2) is 23.0 Å². The Hall–Kier alpha value is 0.894. The van der Waals surface area contributed by atoms with Crippen LogP contribution in [0.1, 0.15) is 13.8 Å². The van der Waals surface area contributed by atoms with E-state index in [-0.39, 0.29) is 6.35 Å². The standard InChI is InChI=1S/C10H27O4PSSi2/c1-10(2)16-12-9-15(11,13-17(3,4)5)14-18(6,7)8/h10H,9H2,1-8H3. The molecule has 0 N–H and O–H groups in total. The van der Waals surface area contributed by atoms with Gasteiger partial charge in [0.25, 0.3) is 0 Å². The minimum Gasteiger partial charge on any atom is -0.350 e. The Balaban J connectivity index is 4.66. The fourth-order valence-corrected chi connectivity index (χ4v) is 9.75. The summed E-state index contributed by atoms with van der Waals surface area (Å²) in [5, 5.41) is 0.331. The molecule has 0 aliphatic heterocycles. The zero-order chi connectivity index (χ0) is 14.6. The molecule has 0 aromatic heterocycles. The average Bonchev–Trinajstić information content (AvgIpc) is 1.93. The summed E-state index contributed by atoms with van der Waals surface area (Å²) >= 11 is 1.31. The Labute approximate surface area is 118 Å². The van der Waals surface area contributed by atoms with Crippen LogP contribution in [0.4, 0.5) is 0 Å². The van der Waals surface area contributed by atoms with Crippen LogP contribution in [0.15, 0.2) is 0 Å². The van der Waals surface area contributed by atoms with Gasteiger partial charge in [-0.05, 0) is 51.3 Å². The fourth-order valence-electron chi connectivity index (χ4n) is 1.14. The fraction of sp³-hybridized carbons (Fsp3) is 1.00. The van der Waals surface area contributed by atoms with Crippen molar-refractivity contribution in [1.82, 2.24) is 0 Å². The van der Waals surface area contributed by atoms with Crippen LogP contribution in [0.2, 0.25) is 39.3 Å². The minimum absolute atomic E-state index is 0.0321. The van der Waals surface area contributed by atoms with E-state index in [4.69, 9.17) is 12.6 Å². The molecule has 0 unspecified atom stereocenters. The van der Waals surface area contributed by atoms with E-state index < -0.39 is 24.2 Å². The van der Waals surface area contributed by atoms with Crippen LogP contribution < -0.4 is 0 Å². The number of hydrogen-bond acceptors (Lipinski definition) is 5. The van der Waals surface area contributed by atoms with Crippen LogP contribution in [0.5, 0.6) is 0 Å². The molecule has 0 aliphatic carbocycles. The summed E-state index contributed by atoms with van der Waals surface area (Å²) in [6.07, 6.45) is 0.0321. The molecule has 110 valence electrons. The molecule has 0 atom stereocenters. The average molecular weight is 331 g/mol. The van der Waals surface area contributed by atoms with Gasteiger partial charge in [-0.15, -0.1) is 0 Å². The molecule has 0 aliphatic rings. The lowest BCUT2D eigenvalue weighted by Crippen LogP contribution is -2.30. The van der Waals surface area contributed by atoms with E-state index in [0.717, 1.165) is 0 Å². The highest BCUT2D eigenvalue weighted by atomic mass is 32.2. The molecule has 0 aromatic carbocycles. The highest BCUT2D eigenvalue weighted by Crippen LogP contribution is 2.53. The lowest BCUT2D eigenvalue weighted by Gasteiger charge is -2.30. The molecule has 0 radical (unpaired) electrons. The summed E-state index contributed by atoms with van der Waals surface area (Å²) in [4.78, 5) is 0. The summed E-state index contributed by atoms with van der Waals surface area (Å²) in [6.45, 7) is 16.1. The van der Waals surface area contributed by atoms with Crippen LogP contribution in [0.3, 0.4) is 0 Å². The van der Waals surface area contributed by atoms with E-state index in [1.54, 1.807) is 0 Å². The molecule has 0 aromatic rings. The van der Waals surface area contributed by atoms with Crippen molar-refractivity contribution >= 4 is 36.3 Å². The van der Waals surface area contributed by atoms with E-state index in [2.05, 4.69) is 0 Å². The molecule has 0 heterocycles. The number of hydrogen-bond donors (Lipinski definition) is 0. The molecule has 0 spiro atoms. The third-order valence-corrected chi connectivity index (χ3v) is 9.16. The molecule has 18 heavy (non-hydrogen) atoms. The highest BCUT2D eigenvalue weighted by Gasteiger charge is 2.37. The van der Waals surface area contributed by atoms with Gasteiger partial charge in [-0.1, -0.05) is 13.8 Å². The molecule has 4 nitrogen and oxygen atoms in total. The SMILES string of the molecule is CC(C)SOCP(=O)(O[Si](C)(C)C)O[Si](C)(C)C. The Morgan fingerprint density at radius 1 is 1.00 bits per heavy atom. The van der Waals surface area contributed by atoms with Crippen LogP contribution >= 0.6 is 19.6 Å². The monoisotopic (exact) mass is 330 g/mol. The van der Waals surface area contributed by atoms with Crippen molar-refractivity contribution in [2.75, 3.05) is 6.35 Å². The Kier molecular flexibility index (Phi) is 7.41. The van der Waals surface area contributed by atoms with Crippen molar-refractivity contribution in [2.45, 2.75) is 58.4 Å². The molecule has 0 saturated carbocycles. The zero-order valence-corrected chi connectivity index (χ0v) is 16.5. The Morgan fingerprint density at radius 3 is 1.67 bits per heavy atom. The van der Waals surface area contributed by atoms with Gasteiger partial charge < -0.3 is 12.6 Å². The predicted octanol–water partition coefficient (Wildman–Crippen LogP) is 4.91. The molecule has 0 bridgehead atoms. The summed E-state index contributed by atoms with van der Waals surface area (Å²) in [6, 6.07) is 0. The van der Waals surface area contributed by atoms with Gasteiger partial charge in [0.1, 0.15) is 0 Å². The highest BCUT2D eigenvalue weighted by molar-refractivity contribution is 7.95. The molecule has 0 rings (SSSR count). The Bertz CT molecular complexity index is 279. The predicted molar refractivity (Wildman–Crippen MR) is 85.1 cm³/mol. The minimum atomic E-state index is -3.14. The van der Waals surface area contributed by atoms with E-state index in [0.29, 0.717) is 5.25 Å². The van der Waals surface area contributed by atoms with Crippen molar-refractivity contribution in [2.24, 2.45) is 0 Å². The first kappa shape index (κ1) is 18.9. The Morgan fingerprint density at radius 2 is 1.39 bits per heavy atom. The first-order valence-electron chi connectivity index (χ1n) is 6.12. The third-order valence-electron chi connectivity index (χ3n) is 1.30. The van der Waals surface area contributed by atoms with E-state index >= 15 is 0 Å². The van der Waals surface area contributed by atoms with Crippen molar-refractivity contribution in [3.8, 4) is 0 Å². The molecule has 0 fully saturated rings. The largest absolute Gasteiger partial charge is 0.350 e. The van der Waals surface area contributed by atoms with Crippen LogP contribution in [-0.4, -0.2) is 28.2 Å².